The van der Waals surface area contributed by atoms with Gasteiger partial charge in [0.05, 0.1) is 12.7 Å². The molecule has 0 spiro atoms. The highest BCUT2D eigenvalue weighted by Gasteiger charge is 2.12. The minimum Gasteiger partial charge on any atom is -0.508 e. The number of aromatic nitrogens is 1. The second-order valence-electron chi connectivity index (χ2n) is 4.21. The summed E-state index contributed by atoms with van der Waals surface area (Å²) in [4.78, 5) is 16.0. The van der Waals surface area contributed by atoms with Crippen LogP contribution in [0.4, 0.5) is 0 Å². The Labute approximate surface area is 111 Å². The van der Waals surface area contributed by atoms with Crippen molar-refractivity contribution in [1.29, 1.82) is 0 Å². The first kappa shape index (κ1) is 13.1. The van der Waals surface area contributed by atoms with Crippen LogP contribution in [0.3, 0.4) is 0 Å². The van der Waals surface area contributed by atoms with Crippen LogP contribution in [0.5, 0.6) is 5.75 Å². The van der Waals surface area contributed by atoms with Crippen LogP contribution in [0, 0.1) is 6.92 Å². The van der Waals surface area contributed by atoms with Crippen LogP contribution in [0.15, 0.2) is 28.8 Å². The number of carbonyl (C=O) groups is 1. The molecule has 1 heterocycles. The number of aryl methyl sites for hydroxylation is 1. The van der Waals surface area contributed by atoms with E-state index in [-0.39, 0.29) is 18.2 Å². The van der Waals surface area contributed by atoms with E-state index < -0.39 is 0 Å². The molecule has 1 aromatic heterocycles. The molecule has 1 amide bonds. The highest BCUT2D eigenvalue weighted by Crippen LogP contribution is 2.19. The molecular weight excluding hydrogens is 244 g/mol. The standard InChI is InChI=1S/C14H16N2O3/c1-3-10-7-15-13(19-10)8-16-14(18)11-5-4-6-12(17)9(11)2/h4-7,17H,3,8H2,1-2H3,(H,16,18). The maximum atomic E-state index is 12.0. The normalized spacial score (nSPS) is 10.4. The Morgan fingerprint density at radius 3 is 2.95 bits per heavy atom. The van der Waals surface area contributed by atoms with Crippen molar-refractivity contribution in [2.45, 2.75) is 26.8 Å². The quantitative estimate of drug-likeness (QED) is 0.883. The molecule has 0 saturated carbocycles. The van der Waals surface area contributed by atoms with Crippen molar-refractivity contribution in [3.63, 3.8) is 0 Å². The molecule has 0 fully saturated rings. The molecule has 0 saturated heterocycles. The lowest BCUT2D eigenvalue weighted by atomic mass is 10.1. The summed E-state index contributed by atoms with van der Waals surface area (Å²) >= 11 is 0. The summed E-state index contributed by atoms with van der Waals surface area (Å²) in [7, 11) is 0. The summed E-state index contributed by atoms with van der Waals surface area (Å²) in [6, 6.07) is 4.85. The zero-order chi connectivity index (χ0) is 13.8. The summed E-state index contributed by atoms with van der Waals surface area (Å²) in [6.07, 6.45) is 2.42. The van der Waals surface area contributed by atoms with Gasteiger partial charge in [0.2, 0.25) is 5.89 Å². The van der Waals surface area contributed by atoms with Gasteiger partial charge in [-0.1, -0.05) is 13.0 Å². The van der Waals surface area contributed by atoms with Crippen LogP contribution in [-0.4, -0.2) is 16.0 Å². The predicted octanol–water partition coefficient (Wildman–Crippen LogP) is 2.18. The monoisotopic (exact) mass is 260 g/mol. The van der Waals surface area contributed by atoms with E-state index in [9.17, 15) is 9.90 Å². The molecule has 0 atom stereocenters. The van der Waals surface area contributed by atoms with E-state index in [1.165, 1.54) is 0 Å². The van der Waals surface area contributed by atoms with Crippen molar-refractivity contribution in [2.75, 3.05) is 0 Å². The largest absolute Gasteiger partial charge is 0.508 e. The summed E-state index contributed by atoms with van der Waals surface area (Å²) in [5.41, 5.74) is 1.00. The van der Waals surface area contributed by atoms with Crippen molar-refractivity contribution in [3.05, 3.63) is 47.2 Å². The second-order valence-corrected chi connectivity index (χ2v) is 4.21. The molecule has 0 bridgehead atoms. The minimum atomic E-state index is -0.260. The molecule has 0 aliphatic carbocycles. The minimum absolute atomic E-state index is 0.108. The van der Waals surface area contributed by atoms with E-state index in [2.05, 4.69) is 10.3 Å². The molecule has 1 aromatic carbocycles. The first-order chi connectivity index (χ1) is 9.11. The van der Waals surface area contributed by atoms with Gasteiger partial charge in [0, 0.05) is 17.5 Å². The van der Waals surface area contributed by atoms with Crippen LogP contribution in [0.1, 0.15) is 34.5 Å². The Morgan fingerprint density at radius 2 is 2.26 bits per heavy atom. The Hall–Kier alpha value is -2.30. The molecule has 0 aliphatic rings. The average Bonchev–Trinajstić information content (AvgIpc) is 2.87. The first-order valence-corrected chi connectivity index (χ1v) is 6.12. The molecule has 2 N–H and O–H groups in total. The van der Waals surface area contributed by atoms with Crippen molar-refractivity contribution >= 4 is 5.91 Å². The van der Waals surface area contributed by atoms with Gasteiger partial charge in [0.1, 0.15) is 11.5 Å². The van der Waals surface area contributed by atoms with Crippen molar-refractivity contribution in [3.8, 4) is 5.75 Å². The van der Waals surface area contributed by atoms with Crippen molar-refractivity contribution in [2.24, 2.45) is 0 Å². The van der Waals surface area contributed by atoms with E-state index in [1.54, 1.807) is 31.3 Å². The molecule has 19 heavy (non-hydrogen) atoms. The van der Waals surface area contributed by atoms with E-state index in [0.29, 0.717) is 17.0 Å². The molecule has 0 unspecified atom stereocenters. The highest BCUT2D eigenvalue weighted by molar-refractivity contribution is 5.96. The fraction of sp³-hybridized carbons (Fsp3) is 0.286. The second kappa shape index (κ2) is 5.56. The van der Waals surface area contributed by atoms with Gasteiger partial charge in [0.15, 0.2) is 0 Å². The van der Waals surface area contributed by atoms with Crippen LogP contribution in [0.2, 0.25) is 0 Å². The summed E-state index contributed by atoms with van der Waals surface area (Å²) in [6.45, 7) is 3.90. The number of carbonyl (C=O) groups excluding carboxylic acids is 1. The first-order valence-electron chi connectivity index (χ1n) is 6.12. The Morgan fingerprint density at radius 1 is 1.47 bits per heavy atom. The topological polar surface area (TPSA) is 75.4 Å². The molecule has 0 aliphatic heterocycles. The average molecular weight is 260 g/mol. The smallest absolute Gasteiger partial charge is 0.252 e. The molecule has 5 nitrogen and oxygen atoms in total. The maximum Gasteiger partial charge on any atom is 0.252 e. The number of nitrogens with one attached hydrogen (secondary N) is 1. The van der Waals surface area contributed by atoms with Gasteiger partial charge in [-0.2, -0.15) is 0 Å². The number of phenols is 1. The lowest BCUT2D eigenvalue weighted by Gasteiger charge is -2.07. The Bertz CT molecular complexity index is 590. The summed E-state index contributed by atoms with van der Waals surface area (Å²) in [5.74, 6) is 1.11. The maximum absolute atomic E-state index is 12.0. The van der Waals surface area contributed by atoms with Gasteiger partial charge in [-0.05, 0) is 19.1 Å². The summed E-state index contributed by atoms with van der Waals surface area (Å²) < 4.78 is 5.40. The van der Waals surface area contributed by atoms with E-state index in [4.69, 9.17) is 4.42 Å². The number of benzene rings is 1. The summed E-state index contributed by atoms with van der Waals surface area (Å²) in [5, 5.41) is 12.3. The van der Waals surface area contributed by atoms with Gasteiger partial charge in [0.25, 0.3) is 5.91 Å². The van der Waals surface area contributed by atoms with Gasteiger partial charge in [-0.15, -0.1) is 0 Å². The van der Waals surface area contributed by atoms with Crippen LogP contribution in [-0.2, 0) is 13.0 Å². The molecule has 5 heteroatoms. The number of hydrogen-bond donors (Lipinski definition) is 2. The lowest BCUT2D eigenvalue weighted by Crippen LogP contribution is -2.23. The van der Waals surface area contributed by atoms with Crippen LogP contribution >= 0.6 is 0 Å². The van der Waals surface area contributed by atoms with Gasteiger partial charge < -0.3 is 14.8 Å². The van der Waals surface area contributed by atoms with Crippen LogP contribution in [0.25, 0.3) is 0 Å². The number of phenolic OH excluding ortho intramolecular Hbond substituents is 1. The lowest BCUT2D eigenvalue weighted by molar-refractivity contribution is 0.0946. The van der Waals surface area contributed by atoms with E-state index >= 15 is 0 Å². The Balaban J connectivity index is 2.03. The van der Waals surface area contributed by atoms with E-state index in [1.807, 2.05) is 6.92 Å². The fourth-order valence-electron chi connectivity index (χ4n) is 1.71. The SMILES string of the molecule is CCc1cnc(CNC(=O)c2cccc(O)c2C)o1. The van der Waals surface area contributed by atoms with Crippen LogP contribution < -0.4 is 5.32 Å². The zero-order valence-electron chi connectivity index (χ0n) is 10.9. The molecule has 100 valence electrons. The molecule has 2 rings (SSSR count). The molecular formula is C14H16N2O3. The van der Waals surface area contributed by atoms with Gasteiger partial charge >= 0.3 is 0 Å². The number of oxazole rings is 1. The highest BCUT2D eigenvalue weighted by atomic mass is 16.4. The molecule has 0 radical (unpaired) electrons. The zero-order valence-corrected chi connectivity index (χ0v) is 10.9. The fourth-order valence-corrected chi connectivity index (χ4v) is 1.71. The van der Waals surface area contributed by atoms with Crippen molar-refractivity contribution in [1.82, 2.24) is 10.3 Å². The predicted molar refractivity (Wildman–Crippen MR) is 69.9 cm³/mol. The van der Waals surface area contributed by atoms with Gasteiger partial charge in [-0.3, -0.25) is 4.79 Å². The third-order valence-corrected chi connectivity index (χ3v) is 2.90. The van der Waals surface area contributed by atoms with Gasteiger partial charge in [-0.25, -0.2) is 4.98 Å². The van der Waals surface area contributed by atoms with Crippen molar-refractivity contribution < 1.29 is 14.3 Å². The third kappa shape index (κ3) is 2.93. The molecule has 2 aromatic rings. The number of aromatic hydroxyl groups is 1. The Kier molecular flexibility index (Phi) is 3.85. The third-order valence-electron chi connectivity index (χ3n) is 2.90. The number of hydrogen-bond acceptors (Lipinski definition) is 4. The number of rotatable bonds is 4. The van der Waals surface area contributed by atoms with E-state index in [0.717, 1.165) is 12.2 Å². The number of amides is 1. The number of nitrogens with zero attached hydrogens (tertiary/aromatic N) is 1.